The van der Waals surface area contributed by atoms with Crippen LogP contribution in [0.3, 0.4) is 0 Å². The molecule has 0 saturated carbocycles. The van der Waals surface area contributed by atoms with E-state index in [-0.39, 0.29) is 24.3 Å². The molecule has 7 heteroatoms. The van der Waals surface area contributed by atoms with Crippen LogP contribution in [0.25, 0.3) is 0 Å². The second kappa shape index (κ2) is 7.54. The van der Waals surface area contributed by atoms with Crippen molar-refractivity contribution < 1.29 is 19.2 Å². The van der Waals surface area contributed by atoms with Gasteiger partial charge in [-0.25, -0.2) is 9.69 Å². The third kappa shape index (κ3) is 2.74. The molecule has 0 unspecified atom stereocenters. The quantitative estimate of drug-likeness (QED) is 0.520. The van der Waals surface area contributed by atoms with Gasteiger partial charge >= 0.3 is 6.03 Å². The van der Waals surface area contributed by atoms with Crippen LogP contribution in [0.4, 0.5) is 10.5 Å². The van der Waals surface area contributed by atoms with Gasteiger partial charge < -0.3 is 4.90 Å². The van der Waals surface area contributed by atoms with E-state index in [0.29, 0.717) is 12.1 Å². The Morgan fingerprint density at radius 1 is 0.879 bits per heavy atom. The van der Waals surface area contributed by atoms with Crippen molar-refractivity contribution in [1.82, 2.24) is 9.80 Å². The fourth-order valence-electron chi connectivity index (χ4n) is 6.10. The van der Waals surface area contributed by atoms with Crippen molar-refractivity contribution in [3.8, 4) is 0 Å². The van der Waals surface area contributed by atoms with Crippen molar-refractivity contribution >= 4 is 29.4 Å². The van der Waals surface area contributed by atoms with Crippen molar-refractivity contribution in [1.29, 1.82) is 0 Å². The van der Waals surface area contributed by atoms with Crippen LogP contribution in [0.15, 0.2) is 60.7 Å². The molecular weight excluding hydrogens is 418 g/mol. The molecular formula is C26H27N3O4. The molecule has 0 N–H and O–H groups in total. The lowest BCUT2D eigenvalue weighted by Gasteiger charge is -2.36. The van der Waals surface area contributed by atoms with Crippen LogP contribution < -0.4 is 4.90 Å². The first-order valence-electron chi connectivity index (χ1n) is 11.5. The number of anilines is 1. The predicted octanol–water partition coefficient (Wildman–Crippen LogP) is 3.62. The number of nitrogens with zero attached hydrogens (tertiary/aromatic N) is 3. The highest BCUT2D eigenvalue weighted by Crippen LogP contribution is 2.60. The van der Waals surface area contributed by atoms with Crippen molar-refractivity contribution in [3.63, 3.8) is 0 Å². The maximum absolute atomic E-state index is 14.2. The lowest BCUT2D eigenvalue weighted by molar-refractivity contribution is -0.144. The molecule has 3 aliphatic rings. The first-order valence-corrected chi connectivity index (χ1v) is 11.5. The maximum Gasteiger partial charge on any atom is 0.332 e. The summed E-state index contributed by atoms with van der Waals surface area (Å²) in [7, 11) is 0. The largest absolute Gasteiger partial charge is 0.332 e. The van der Waals surface area contributed by atoms with Gasteiger partial charge in [-0.3, -0.25) is 19.3 Å². The Balaban J connectivity index is 1.77. The number of hydrogen-bond acceptors (Lipinski definition) is 4. The molecule has 3 saturated heterocycles. The van der Waals surface area contributed by atoms with Crippen molar-refractivity contribution in [2.75, 3.05) is 11.4 Å². The Hall–Kier alpha value is -3.48. The SMILES string of the molecule is CCN1C(=O)[C@H]2[C@@H](c3ccccc3)N3C(=O)N(c4ccccc4)C(=O)[C@@]3(CC(C)C)[C@H]2C1=O. The van der Waals surface area contributed by atoms with Gasteiger partial charge in [-0.15, -0.1) is 0 Å². The van der Waals surface area contributed by atoms with Crippen LogP contribution in [0.1, 0.15) is 38.8 Å². The van der Waals surface area contributed by atoms with Gasteiger partial charge in [0.15, 0.2) is 0 Å². The number of fused-ring (bicyclic) bond motifs is 3. The number of imide groups is 2. The van der Waals surface area contributed by atoms with E-state index in [9.17, 15) is 19.2 Å². The minimum Gasteiger partial charge on any atom is -0.300 e. The lowest BCUT2D eigenvalue weighted by Crippen LogP contribution is -2.54. The first-order chi connectivity index (χ1) is 15.8. The van der Waals surface area contributed by atoms with Crippen LogP contribution in [0.2, 0.25) is 0 Å². The monoisotopic (exact) mass is 445 g/mol. The third-order valence-corrected chi connectivity index (χ3v) is 7.17. The van der Waals surface area contributed by atoms with Crippen LogP contribution in [0.5, 0.6) is 0 Å². The molecule has 0 aliphatic carbocycles. The van der Waals surface area contributed by atoms with E-state index in [1.807, 2.05) is 50.2 Å². The highest BCUT2D eigenvalue weighted by molar-refractivity contribution is 6.26. The molecule has 2 aromatic rings. The summed E-state index contributed by atoms with van der Waals surface area (Å²) < 4.78 is 0. The number of carbonyl (C=O) groups excluding carboxylic acids is 4. The number of amides is 5. The summed E-state index contributed by atoms with van der Waals surface area (Å²) in [6.45, 7) is 5.95. The molecule has 5 amide bonds. The fraction of sp³-hybridized carbons (Fsp3) is 0.385. The van der Waals surface area contributed by atoms with Crippen LogP contribution in [0, 0.1) is 17.8 Å². The third-order valence-electron chi connectivity index (χ3n) is 7.17. The van der Waals surface area contributed by atoms with Gasteiger partial charge in [0.05, 0.1) is 23.6 Å². The zero-order valence-electron chi connectivity index (χ0n) is 19.0. The number of para-hydroxylation sites is 1. The Morgan fingerprint density at radius 2 is 1.48 bits per heavy atom. The minimum absolute atomic E-state index is 0.0220. The van der Waals surface area contributed by atoms with Crippen molar-refractivity contribution in [3.05, 3.63) is 66.2 Å². The molecule has 3 fully saturated rings. The average Bonchev–Trinajstić information content (AvgIpc) is 3.32. The van der Waals surface area contributed by atoms with E-state index in [4.69, 9.17) is 0 Å². The minimum atomic E-state index is -1.40. The van der Waals surface area contributed by atoms with Gasteiger partial charge in [-0.1, -0.05) is 62.4 Å². The normalized spacial score (nSPS) is 28.8. The fourth-order valence-corrected chi connectivity index (χ4v) is 6.10. The summed E-state index contributed by atoms with van der Waals surface area (Å²) in [5.41, 5.74) is -0.172. The Morgan fingerprint density at radius 3 is 2.06 bits per heavy atom. The summed E-state index contributed by atoms with van der Waals surface area (Å²) in [6.07, 6.45) is 0.308. The molecule has 5 rings (SSSR count). The molecule has 3 heterocycles. The summed E-state index contributed by atoms with van der Waals surface area (Å²) in [4.78, 5) is 59.3. The maximum atomic E-state index is 14.2. The van der Waals surface area contributed by atoms with E-state index in [2.05, 4.69) is 0 Å². The standard InChI is InChI=1S/C26H27N3O4/c1-4-27-22(30)19-20(23(27)31)26(15-16(2)3)24(32)28(18-13-9-6-10-14-18)25(33)29(26)21(19)17-11-7-5-8-12-17/h5-14,16,19-21H,4,15H2,1-3H3/t19-,20-,21-,26-/m1/s1. The molecule has 7 nitrogen and oxygen atoms in total. The van der Waals surface area contributed by atoms with E-state index >= 15 is 0 Å². The number of benzene rings is 2. The van der Waals surface area contributed by atoms with Crippen LogP contribution >= 0.6 is 0 Å². The van der Waals surface area contributed by atoms with Gasteiger partial charge in [0.1, 0.15) is 5.54 Å². The number of urea groups is 1. The second-order valence-electron chi connectivity index (χ2n) is 9.43. The molecule has 3 aliphatic heterocycles. The topological polar surface area (TPSA) is 78.0 Å². The van der Waals surface area contributed by atoms with Gasteiger partial charge in [-0.2, -0.15) is 0 Å². The summed E-state index contributed by atoms with van der Waals surface area (Å²) in [6, 6.07) is 16.9. The molecule has 170 valence electrons. The van der Waals surface area contributed by atoms with E-state index in [1.165, 1.54) is 9.80 Å². The molecule has 0 radical (unpaired) electrons. The zero-order valence-corrected chi connectivity index (χ0v) is 19.0. The summed E-state index contributed by atoms with van der Waals surface area (Å²) in [5.74, 6) is -2.72. The Kier molecular flexibility index (Phi) is 4.88. The van der Waals surface area contributed by atoms with Gasteiger partial charge in [0.2, 0.25) is 11.8 Å². The van der Waals surface area contributed by atoms with E-state index in [0.717, 1.165) is 5.56 Å². The highest BCUT2D eigenvalue weighted by atomic mass is 16.2. The van der Waals surface area contributed by atoms with Crippen molar-refractivity contribution in [2.45, 2.75) is 38.8 Å². The van der Waals surface area contributed by atoms with Gasteiger partial charge in [-0.05, 0) is 37.0 Å². The number of carbonyl (C=O) groups is 4. The van der Waals surface area contributed by atoms with Crippen LogP contribution in [-0.2, 0) is 14.4 Å². The highest BCUT2D eigenvalue weighted by Gasteiger charge is 2.77. The molecule has 2 aromatic carbocycles. The Labute approximate surface area is 193 Å². The summed E-state index contributed by atoms with van der Waals surface area (Å²) in [5, 5.41) is 0. The first kappa shape index (κ1) is 21.4. The lowest BCUT2D eigenvalue weighted by atomic mass is 9.74. The summed E-state index contributed by atoms with van der Waals surface area (Å²) >= 11 is 0. The molecule has 4 atom stereocenters. The number of likely N-dealkylation sites (tertiary alicyclic amines) is 1. The molecule has 0 aromatic heterocycles. The number of hydrogen-bond donors (Lipinski definition) is 0. The van der Waals surface area contributed by atoms with E-state index < -0.39 is 35.4 Å². The van der Waals surface area contributed by atoms with Gasteiger partial charge in [0.25, 0.3) is 5.91 Å². The van der Waals surface area contributed by atoms with Crippen molar-refractivity contribution in [2.24, 2.45) is 17.8 Å². The van der Waals surface area contributed by atoms with Gasteiger partial charge in [0, 0.05) is 6.54 Å². The average molecular weight is 446 g/mol. The molecule has 0 spiro atoms. The second-order valence-corrected chi connectivity index (χ2v) is 9.43. The number of rotatable bonds is 5. The zero-order chi connectivity index (χ0) is 23.5. The molecule has 33 heavy (non-hydrogen) atoms. The Bertz CT molecular complexity index is 1130. The van der Waals surface area contributed by atoms with E-state index in [1.54, 1.807) is 36.1 Å². The predicted molar refractivity (Wildman–Crippen MR) is 122 cm³/mol. The molecule has 0 bridgehead atoms. The van der Waals surface area contributed by atoms with Crippen LogP contribution in [-0.4, -0.2) is 45.6 Å². The smallest absolute Gasteiger partial charge is 0.300 e.